The Morgan fingerprint density at radius 1 is 1.40 bits per heavy atom. The molecular formula is C13H17N5OS. The molecule has 6 nitrogen and oxygen atoms in total. The van der Waals surface area contributed by atoms with E-state index < -0.39 is 0 Å². The third-order valence-corrected chi connectivity index (χ3v) is 3.52. The molecule has 20 heavy (non-hydrogen) atoms. The van der Waals surface area contributed by atoms with Gasteiger partial charge in [-0.25, -0.2) is 15.0 Å². The van der Waals surface area contributed by atoms with E-state index in [2.05, 4.69) is 26.9 Å². The van der Waals surface area contributed by atoms with Crippen molar-refractivity contribution in [3.8, 4) is 0 Å². The number of hydrogen-bond acceptors (Lipinski definition) is 6. The number of nitrogens with zero attached hydrogens (tertiary/aromatic N) is 3. The largest absolute Gasteiger partial charge is 0.327 e. The first kappa shape index (κ1) is 14.7. The highest BCUT2D eigenvalue weighted by atomic mass is 32.2. The summed E-state index contributed by atoms with van der Waals surface area (Å²) < 4.78 is 0. The van der Waals surface area contributed by atoms with Crippen molar-refractivity contribution in [1.82, 2.24) is 19.9 Å². The van der Waals surface area contributed by atoms with Gasteiger partial charge in [0.05, 0.1) is 0 Å². The van der Waals surface area contributed by atoms with Crippen molar-refractivity contribution in [2.75, 3.05) is 0 Å². The van der Waals surface area contributed by atoms with Crippen LogP contribution in [0.1, 0.15) is 24.6 Å². The summed E-state index contributed by atoms with van der Waals surface area (Å²) in [6.07, 6.45) is 5.21. The molecule has 106 valence electrons. The number of aromatic nitrogens is 4. The van der Waals surface area contributed by atoms with Crippen LogP contribution in [-0.4, -0.2) is 26.0 Å². The molecule has 2 aromatic heterocycles. The van der Waals surface area contributed by atoms with E-state index in [1.807, 2.05) is 0 Å². The van der Waals surface area contributed by atoms with Gasteiger partial charge in [-0.1, -0.05) is 6.92 Å². The zero-order valence-corrected chi connectivity index (χ0v) is 12.3. The highest BCUT2D eigenvalue weighted by Gasteiger charge is 2.06. The number of nitrogens with two attached hydrogens (primary N) is 1. The fourth-order valence-corrected chi connectivity index (χ4v) is 2.36. The average molecular weight is 291 g/mol. The second-order valence-electron chi connectivity index (χ2n) is 4.54. The van der Waals surface area contributed by atoms with Gasteiger partial charge in [-0.2, -0.15) is 0 Å². The summed E-state index contributed by atoms with van der Waals surface area (Å²) in [6.45, 7) is 3.82. The van der Waals surface area contributed by atoms with Crippen molar-refractivity contribution < 1.29 is 0 Å². The minimum absolute atomic E-state index is 0.131. The summed E-state index contributed by atoms with van der Waals surface area (Å²) in [7, 11) is 0. The maximum atomic E-state index is 11.3. The molecule has 0 aliphatic rings. The van der Waals surface area contributed by atoms with E-state index in [9.17, 15) is 4.79 Å². The van der Waals surface area contributed by atoms with Gasteiger partial charge in [-0.15, -0.1) is 0 Å². The van der Waals surface area contributed by atoms with E-state index in [0.29, 0.717) is 16.0 Å². The molecule has 0 bridgehead atoms. The number of nitrogens with one attached hydrogen (secondary N) is 1. The molecule has 0 saturated heterocycles. The Morgan fingerprint density at radius 2 is 2.10 bits per heavy atom. The summed E-state index contributed by atoms with van der Waals surface area (Å²) in [5, 5.41) is 1.04. The van der Waals surface area contributed by atoms with Crippen molar-refractivity contribution in [1.29, 1.82) is 0 Å². The predicted octanol–water partition coefficient (Wildman–Crippen LogP) is 1.30. The quantitative estimate of drug-likeness (QED) is 0.806. The van der Waals surface area contributed by atoms with Crippen LogP contribution >= 0.6 is 11.8 Å². The molecule has 0 amide bonds. The van der Waals surface area contributed by atoms with Crippen LogP contribution in [0.5, 0.6) is 0 Å². The minimum Gasteiger partial charge on any atom is -0.327 e. The zero-order chi connectivity index (χ0) is 14.5. The van der Waals surface area contributed by atoms with Crippen LogP contribution in [0.25, 0.3) is 0 Å². The summed E-state index contributed by atoms with van der Waals surface area (Å²) in [4.78, 5) is 26.7. The lowest BCUT2D eigenvalue weighted by molar-refractivity contribution is 0.641. The van der Waals surface area contributed by atoms with E-state index in [-0.39, 0.29) is 11.6 Å². The first-order valence-corrected chi connectivity index (χ1v) is 7.20. The fourth-order valence-electron chi connectivity index (χ4n) is 1.63. The normalized spacial score (nSPS) is 12.3. The van der Waals surface area contributed by atoms with Crippen molar-refractivity contribution in [3.05, 3.63) is 40.1 Å². The van der Waals surface area contributed by atoms with Gasteiger partial charge < -0.3 is 10.7 Å². The molecule has 1 unspecified atom stereocenters. The lowest BCUT2D eigenvalue weighted by Crippen LogP contribution is -2.21. The molecule has 0 saturated carbocycles. The molecule has 1 atom stereocenters. The third-order valence-electron chi connectivity index (χ3n) is 2.74. The first-order chi connectivity index (χ1) is 9.56. The van der Waals surface area contributed by atoms with Gasteiger partial charge in [0.1, 0.15) is 0 Å². The predicted molar refractivity (Wildman–Crippen MR) is 77.7 cm³/mol. The van der Waals surface area contributed by atoms with Crippen molar-refractivity contribution in [2.24, 2.45) is 5.73 Å². The van der Waals surface area contributed by atoms with E-state index in [1.54, 1.807) is 19.3 Å². The molecule has 2 rings (SSSR count). The molecule has 0 aliphatic carbocycles. The Labute approximate surface area is 121 Å². The van der Waals surface area contributed by atoms with Gasteiger partial charge in [-0.05, 0) is 37.1 Å². The number of hydrogen-bond donors (Lipinski definition) is 2. The SMILES string of the molecule is CCC(N)Cc1cnc(Sc2nc(C)cc(=O)[nH]2)nc1. The minimum atomic E-state index is -0.175. The van der Waals surface area contributed by atoms with Crippen molar-refractivity contribution in [3.63, 3.8) is 0 Å². The molecular weight excluding hydrogens is 274 g/mol. The molecule has 7 heteroatoms. The maximum Gasteiger partial charge on any atom is 0.251 e. The summed E-state index contributed by atoms with van der Waals surface area (Å²) >= 11 is 1.23. The second kappa shape index (κ2) is 6.62. The number of rotatable bonds is 5. The van der Waals surface area contributed by atoms with Gasteiger partial charge in [0.25, 0.3) is 5.56 Å². The third kappa shape index (κ3) is 4.14. The smallest absolute Gasteiger partial charge is 0.251 e. The summed E-state index contributed by atoms with van der Waals surface area (Å²) in [5.74, 6) is 0. The molecule has 0 aromatic carbocycles. The van der Waals surface area contributed by atoms with Gasteiger partial charge in [0, 0.05) is 30.2 Å². The lowest BCUT2D eigenvalue weighted by Gasteiger charge is -2.07. The van der Waals surface area contributed by atoms with E-state index in [4.69, 9.17) is 5.73 Å². The topological polar surface area (TPSA) is 97.5 Å². The Kier molecular flexibility index (Phi) is 4.86. The molecule has 2 heterocycles. The Hall–Kier alpha value is -1.73. The number of aromatic amines is 1. The van der Waals surface area contributed by atoms with Crippen LogP contribution in [0.15, 0.2) is 33.6 Å². The summed E-state index contributed by atoms with van der Waals surface area (Å²) in [6, 6.07) is 1.58. The van der Waals surface area contributed by atoms with Crippen LogP contribution < -0.4 is 11.3 Å². The molecule has 0 fully saturated rings. The molecule has 0 spiro atoms. The van der Waals surface area contributed by atoms with Gasteiger partial charge >= 0.3 is 0 Å². The van der Waals surface area contributed by atoms with E-state index >= 15 is 0 Å². The second-order valence-corrected chi connectivity index (χ2v) is 5.50. The number of H-pyrrole nitrogens is 1. The first-order valence-electron chi connectivity index (χ1n) is 6.39. The standard InChI is InChI=1S/C13H17N5OS/c1-3-10(14)5-9-6-15-12(16-7-9)20-13-17-8(2)4-11(19)18-13/h4,6-7,10H,3,5,14H2,1-2H3,(H,17,18,19). The van der Waals surface area contributed by atoms with Crippen LogP contribution in [0, 0.1) is 6.92 Å². The molecule has 0 radical (unpaired) electrons. The molecule has 3 N–H and O–H groups in total. The monoisotopic (exact) mass is 291 g/mol. The zero-order valence-electron chi connectivity index (χ0n) is 11.5. The average Bonchev–Trinajstić information content (AvgIpc) is 2.39. The summed E-state index contributed by atoms with van der Waals surface area (Å²) in [5.41, 5.74) is 7.39. The van der Waals surface area contributed by atoms with Crippen LogP contribution in [-0.2, 0) is 6.42 Å². The highest BCUT2D eigenvalue weighted by molar-refractivity contribution is 7.99. The fraction of sp³-hybridized carbons (Fsp3) is 0.385. The van der Waals surface area contributed by atoms with Crippen LogP contribution in [0.4, 0.5) is 0 Å². The number of aryl methyl sites for hydroxylation is 1. The Balaban J connectivity index is 2.08. The van der Waals surface area contributed by atoms with E-state index in [0.717, 1.165) is 18.4 Å². The van der Waals surface area contributed by atoms with Crippen molar-refractivity contribution in [2.45, 2.75) is 43.0 Å². The van der Waals surface area contributed by atoms with Gasteiger partial charge in [0.2, 0.25) is 0 Å². The van der Waals surface area contributed by atoms with Crippen LogP contribution in [0.3, 0.4) is 0 Å². The Morgan fingerprint density at radius 3 is 2.70 bits per heavy atom. The van der Waals surface area contributed by atoms with Crippen molar-refractivity contribution >= 4 is 11.8 Å². The maximum absolute atomic E-state index is 11.3. The lowest BCUT2D eigenvalue weighted by atomic mass is 10.1. The van der Waals surface area contributed by atoms with Gasteiger partial charge in [0.15, 0.2) is 10.3 Å². The van der Waals surface area contributed by atoms with Crippen LogP contribution in [0.2, 0.25) is 0 Å². The molecule has 2 aromatic rings. The van der Waals surface area contributed by atoms with Gasteiger partial charge in [-0.3, -0.25) is 4.79 Å². The van der Waals surface area contributed by atoms with E-state index in [1.165, 1.54) is 17.8 Å². The highest BCUT2D eigenvalue weighted by Crippen LogP contribution is 2.19. The molecule has 0 aliphatic heterocycles. The Bertz CT molecular complexity index is 625.